The second-order valence-corrected chi connectivity index (χ2v) is 12.3. The molecule has 1 aliphatic heterocycles. The van der Waals surface area contributed by atoms with Crippen LogP contribution in [0.15, 0.2) is 58.9 Å². The predicted molar refractivity (Wildman–Crippen MR) is 173 cm³/mol. The summed E-state index contributed by atoms with van der Waals surface area (Å²) in [5.41, 5.74) is 9.35. The highest BCUT2D eigenvalue weighted by Gasteiger charge is 2.26. The predicted octanol–water partition coefficient (Wildman–Crippen LogP) is 6.43. The minimum atomic E-state index is -0.694. The number of anilines is 1. The van der Waals surface area contributed by atoms with E-state index in [1.165, 1.54) is 11.8 Å². The Kier molecular flexibility index (Phi) is 10.4. The normalized spacial score (nSPS) is 13.2. The number of thioether (sulfide) groups is 1. The Labute approximate surface area is 269 Å². The molecule has 2 aromatic heterocycles. The number of esters is 1. The van der Waals surface area contributed by atoms with Crippen LogP contribution in [-0.4, -0.2) is 48.3 Å². The minimum absolute atomic E-state index is 0.0730. The smallest absolute Gasteiger partial charge is 0.322 e. The van der Waals surface area contributed by atoms with E-state index in [9.17, 15) is 15.3 Å². The molecule has 0 spiro atoms. The molecule has 12 heteroatoms. The van der Waals surface area contributed by atoms with Crippen molar-refractivity contribution in [3.8, 4) is 39.6 Å². The van der Waals surface area contributed by atoms with Gasteiger partial charge in [-0.1, -0.05) is 47.6 Å². The molecule has 0 unspecified atom stereocenters. The van der Waals surface area contributed by atoms with Crippen LogP contribution in [-0.2, 0) is 15.3 Å². The molecular formula is C32H29ClN6O3S2. The first-order chi connectivity index (χ1) is 21.4. The van der Waals surface area contributed by atoms with Gasteiger partial charge in [-0.05, 0) is 49.6 Å². The van der Waals surface area contributed by atoms with Gasteiger partial charge in [0.1, 0.15) is 58.6 Å². The Morgan fingerprint density at radius 2 is 1.73 bits per heavy atom. The maximum Gasteiger partial charge on any atom is 0.322 e. The van der Waals surface area contributed by atoms with Gasteiger partial charge < -0.3 is 20.1 Å². The van der Waals surface area contributed by atoms with Gasteiger partial charge in [-0.3, -0.25) is 4.79 Å². The van der Waals surface area contributed by atoms with Crippen molar-refractivity contribution in [2.45, 2.75) is 36.6 Å². The number of halogens is 1. The lowest BCUT2D eigenvalue weighted by Gasteiger charge is -2.22. The highest BCUT2D eigenvalue weighted by atomic mass is 35.5. The van der Waals surface area contributed by atoms with Gasteiger partial charge in [-0.2, -0.15) is 10.5 Å². The third-order valence-corrected chi connectivity index (χ3v) is 9.09. The van der Waals surface area contributed by atoms with Crippen molar-refractivity contribution >= 4 is 46.5 Å². The van der Waals surface area contributed by atoms with Gasteiger partial charge in [-0.15, -0.1) is 11.3 Å². The van der Waals surface area contributed by atoms with E-state index in [0.717, 1.165) is 42.2 Å². The Morgan fingerprint density at radius 3 is 2.39 bits per heavy atom. The van der Waals surface area contributed by atoms with E-state index < -0.39 is 12.0 Å². The number of rotatable bonds is 11. The van der Waals surface area contributed by atoms with Crippen LogP contribution in [0.2, 0.25) is 5.02 Å². The Hall–Kier alpha value is -4.13. The van der Waals surface area contributed by atoms with Crippen molar-refractivity contribution in [2.75, 3.05) is 31.2 Å². The summed E-state index contributed by atoms with van der Waals surface area (Å²) in [7, 11) is 0. The number of benzene rings is 2. The van der Waals surface area contributed by atoms with E-state index in [0.29, 0.717) is 49.6 Å². The molecule has 2 aromatic carbocycles. The molecule has 0 aliphatic carbocycles. The van der Waals surface area contributed by atoms with Gasteiger partial charge in [0.2, 0.25) is 0 Å². The summed E-state index contributed by atoms with van der Waals surface area (Å²) in [4.78, 5) is 23.4. The molecule has 1 saturated heterocycles. The Morgan fingerprint density at radius 1 is 1.05 bits per heavy atom. The quantitative estimate of drug-likeness (QED) is 0.110. The number of pyridine rings is 1. The Balaban J connectivity index is 1.42. The molecule has 0 bridgehead atoms. The maximum absolute atomic E-state index is 11.6. The number of aromatic nitrogens is 2. The number of carbonyl (C=O) groups excluding carboxylic acids is 1. The molecule has 44 heavy (non-hydrogen) atoms. The number of nitrogens with zero attached hydrogens (tertiary/aromatic N) is 5. The SMILES string of the molecule is C[C@H](N)C(=O)OCCOc1ccc(-c2c(C#N)c(SCc3csc(-c4ccc(Cl)cc4)n3)nc(N3CCCC3)c2C#N)cc1. The first-order valence-electron chi connectivity index (χ1n) is 14.0. The molecule has 224 valence electrons. The average Bonchev–Trinajstić information content (AvgIpc) is 3.75. The number of ether oxygens (including phenoxy) is 2. The minimum Gasteiger partial charge on any atom is -0.490 e. The molecule has 1 atom stereocenters. The monoisotopic (exact) mass is 644 g/mol. The fourth-order valence-electron chi connectivity index (χ4n) is 4.70. The molecule has 9 nitrogen and oxygen atoms in total. The van der Waals surface area contributed by atoms with Gasteiger partial charge in [0.05, 0.1) is 11.3 Å². The standard InChI is InChI=1S/C32H29ClN6O3S2/c1-20(36)32(40)42-15-14-41-25-10-6-21(7-11-25)28-26(16-34)29(39-12-2-3-13-39)38-31(27(28)17-35)44-19-24-18-43-30(37-24)22-4-8-23(33)9-5-22/h4-11,18,20H,2-3,12-15,19,36H2,1H3/t20-/m0/s1. The molecule has 3 heterocycles. The van der Waals surface area contributed by atoms with E-state index in [2.05, 4.69) is 17.0 Å². The lowest BCUT2D eigenvalue weighted by atomic mass is 9.96. The first-order valence-corrected chi connectivity index (χ1v) is 16.2. The third kappa shape index (κ3) is 7.32. The highest BCUT2D eigenvalue weighted by Crippen LogP contribution is 2.40. The molecule has 4 aromatic rings. The number of hydrogen-bond acceptors (Lipinski definition) is 11. The van der Waals surface area contributed by atoms with E-state index in [4.69, 9.17) is 36.8 Å². The van der Waals surface area contributed by atoms with Crippen molar-refractivity contribution in [2.24, 2.45) is 5.73 Å². The number of thiazole rings is 1. The molecule has 5 rings (SSSR count). The lowest BCUT2D eigenvalue weighted by Crippen LogP contribution is -2.29. The third-order valence-electron chi connectivity index (χ3n) is 6.88. The van der Waals surface area contributed by atoms with Crippen LogP contribution in [0.1, 0.15) is 36.6 Å². The first kappa shape index (κ1) is 31.3. The van der Waals surface area contributed by atoms with Crippen LogP contribution in [0.4, 0.5) is 5.82 Å². The van der Waals surface area contributed by atoms with E-state index in [-0.39, 0.29) is 13.2 Å². The fraction of sp³-hybridized carbons (Fsp3) is 0.281. The number of hydrogen-bond donors (Lipinski definition) is 1. The summed E-state index contributed by atoms with van der Waals surface area (Å²) in [5.74, 6) is 1.18. The molecule has 0 radical (unpaired) electrons. The van der Waals surface area contributed by atoms with Gasteiger partial charge in [0, 0.05) is 40.4 Å². The van der Waals surface area contributed by atoms with Crippen LogP contribution in [0, 0.1) is 22.7 Å². The fourth-order valence-corrected chi connectivity index (χ4v) is 6.64. The van der Waals surface area contributed by atoms with Crippen LogP contribution in [0.3, 0.4) is 0 Å². The van der Waals surface area contributed by atoms with E-state index in [1.54, 1.807) is 30.4 Å². The molecular weight excluding hydrogens is 616 g/mol. The van der Waals surface area contributed by atoms with Crippen LogP contribution in [0.5, 0.6) is 5.75 Å². The number of nitrogens with two attached hydrogens (primary N) is 1. The lowest BCUT2D eigenvalue weighted by molar-refractivity contribution is -0.145. The number of carbonyl (C=O) groups is 1. The van der Waals surface area contributed by atoms with Gasteiger partial charge in [0.25, 0.3) is 0 Å². The van der Waals surface area contributed by atoms with Gasteiger partial charge >= 0.3 is 5.97 Å². The summed E-state index contributed by atoms with van der Waals surface area (Å²) in [6.07, 6.45) is 2.03. The van der Waals surface area contributed by atoms with Crippen molar-refractivity contribution in [1.29, 1.82) is 10.5 Å². The second kappa shape index (κ2) is 14.6. The topological polar surface area (TPSA) is 138 Å². The maximum atomic E-state index is 11.6. The zero-order valence-corrected chi connectivity index (χ0v) is 26.3. The summed E-state index contributed by atoms with van der Waals surface area (Å²) in [6.45, 7) is 3.39. The van der Waals surface area contributed by atoms with Crippen LogP contribution >= 0.6 is 34.7 Å². The van der Waals surface area contributed by atoms with Crippen LogP contribution in [0.25, 0.3) is 21.7 Å². The summed E-state index contributed by atoms with van der Waals surface area (Å²) in [6, 6.07) is 18.7. The van der Waals surface area contributed by atoms with Crippen molar-refractivity contribution in [1.82, 2.24) is 9.97 Å². The van der Waals surface area contributed by atoms with Gasteiger partial charge in [-0.25, -0.2) is 9.97 Å². The largest absolute Gasteiger partial charge is 0.490 e. The summed E-state index contributed by atoms with van der Waals surface area (Å²) < 4.78 is 10.8. The van der Waals surface area contributed by atoms with Crippen LogP contribution < -0.4 is 15.4 Å². The van der Waals surface area contributed by atoms with Crippen molar-refractivity contribution in [3.63, 3.8) is 0 Å². The van der Waals surface area contributed by atoms with Crippen molar-refractivity contribution < 1.29 is 14.3 Å². The van der Waals surface area contributed by atoms with Gasteiger partial charge in [0.15, 0.2) is 0 Å². The summed E-state index contributed by atoms with van der Waals surface area (Å²) >= 11 is 9.02. The zero-order chi connectivity index (χ0) is 31.1. The molecule has 2 N–H and O–H groups in total. The van der Waals surface area contributed by atoms with Crippen molar-refractivity contribution in [3.05, 3.63) is 75.8 Å². The summed E-state index contributed by atoms with van der Waals surface area (Å²) in [5, 5.41) is 24.8. The Bertz CT molecular complexity index is 1710. The van der Waals surface area contributed by atoms with E-state index >= 15 is 0 Å². The molecule has 0 amide bonds. The molecule has 0 saturated carbocycles. The van der Waals surface area contributed by atoms with E-state index in [1.807, 2.05) is 41.8 Å². The number of nitriles is 2. The average molecular weight is 645 g/mol. The molecule has 1 fully saturated rings. The molecule has 1 aliphatic rings. The second-order valence-electron chi connectivity index (χ2n) is 10.1. The highest BCUT2D eigenvalue weighted by molar-refractivity contribution is 7.98. The zero-order valence-electron chi connectivity index (χ0n) is 24.0.